The summed E-state index contributed by atoms with van der Waals surface area (Å²) < 4.78 is 35.5. The molecule has 0 fully saturated rings. The minimum Gasteiger partial charge on any atom is -0.744 e. The molecule has 0 bridgehead atoms. The van der Waals surface area contributed by atoms with Crippen LogP contribution in [-0.4, -0.2) is 13.0 Å². The molecule has 0 N–H and O–H groups in total. The van der Waals surface area contributed by atoms with E-state index in [0.717, 1.165) is 21.7 Å². The summed E-state index contributed by atoms with van der Waals surface area (Å²) in [5, 5.41) is 2.70. The van der Waals surface area contributed by atoms with Gasteiger partial charge >= 0.3 is 0 Å². The molecule has 25 heavy (non-hydrogen) atoms. The van der Waals surface area contributed by atoms with Gasteiger partial charge in [0.05, 0.1) is 4.90 Å². The highest BCUT2D eigenvalue weighted by Crippen LogP contribution is 2.37. The highest BCUT2D eigenvalue weighted by Gasteiger charge is 2.23. The van der Waals surface area contributed by atoms with E-state index in [9.17, 15) is 13.0 Å². The Hall–Kier alpha value is -2.00. The maximum atomic E-state index is 11.8. The van der Waals surface area contributed by atoms with Gasteiger partial charge in [-0.2, -0.15) is 0 Å². The molecule has 0 amide bonds. The SMILES string of the molecule is Cc1ccccc1P(c1ccccc1C)c1ccccc1S(=O)(=O)[O-]. The van der Waals surface area contributed by atoms with Crippen molar-refractivity contribution in [3.05, 3.63) is 83.9 Å². The van der Waals surface area contributed by atoms with E-state index < -0.39 is 18.0 Å². The summed E-state index contributed by atoms with van der Waals surface area (Å²) in [7, 11) is -5.71. The van der Waals surface area contributed by atoms with Crippen molar-refractivity contribution in [1.82, 2.24) is 0 Å². The lowest BCUT2D eigenvalue weighted by atomic mass is 10.2. The van der Waals surface area contributed by atoms with Gasteiger partial charge in [0.25, 0.3) is 0 Å². The second-order valence-corrected chi connectivity index (χ2v) is 9.29. The first kappa shape index (κ1) is 17.8. The molecule has 0 aliphatic carbocycles. The molecular formula is C20H18O3PS-. The van der Waals surface area contributed by atoms with E-state index in [0.29, 0.717) is 5.30 Å². The Morgan fingerprint density at radius 1 is 0.680 bits per heavy atom. The van der Waals surface area contributed by atoms with Crippen LogP contribution in [-0.2, 0) is 10.1 Å². The van der Waals surface area contributed by atoms with Gasteiger partial charge in [-0.15, -0.1) is 0 Å². The Morgan fingerprint density at radius 2 is 1.08 bits per heavy atom. The summed E-state index contributed by atoms with van der Waals surface area (Å²) in [6, 6.07) is 22.4. The van der Waals surface area contributed by atoms with Crippen molar-refractivity contribution < 1.29 is 13.0 Å². The third-order valence-corrected chi connectivity index (χ3v) is 7.97. The van der Waals surface area contributed by atoms with E-state index in [4.69, 9.17) is 0 Å². The highest BCUT2D eigenvalue weighted by molar-refractivity contribution is 7.88. The standard InChI is InChI=1S/C20H19O3PS/c1-15-9-3-5-11-17(15)24(18-12-6-4-10-16(18)2)19-13-7-8-14-20(19)25(21,22)23/h3-14H,1-2H3,(H,21,22,23)/p-1. The van der Waals surface area contributed by atoms with Gasteiger partial charge in [-0.1, -0.05) is 66.7 Å². The van der Waals surface area contributed by atoms with Crippen LogP contribution in [0.1, 0.15) is 11.1 Å². The van der Waals surface area contributed by atoms with E-state index in [1.807, 2.05) is 62.4 Å². The van der Waals surface area contributed by atoms with Crippen LogP contribution in [0.4, 0.5) is 0 Å². The van der Waals surface area contributed by atoms with E-state index in [2.05, 4.69) is 0 Å². The number of rotatable bonds is 4. The van der Waals surface area contributed by atoms with Crippen LogP contribution in [0.5, 0.6) is 0 Å². The monoisotopic (exact) mass is 369 g/mol. The van der Waals surface area contributed by atoms with Crippen molar-refractivity contribution >= 4 is 34.0 Å². The largest absolute Gasteiger partial charge is 0.744 e. The predicted octanol–water partition coefficient (Wildman–Crippen LogP) is 2.97. The molecule has 3 aromatic carbocycles. The van der Waals surface area contributed by atoms with E-state index >= 15 is 0 Å². The van der Waals surface area contributed by atoms with Gasteiger partial charge in [0.2, 0.25) is 0 Å². The normalized spacial score (nSPS) is 11.7. The first-order valence-electron chi connectivity index (χ1n) is 7.86. The molecule has 0 saturated heterocycles. The summed E-state index contributed by atoms with van der Waals surface area (Å²) in [6.45, 7) is 4.02. The van der Waals surface area contributed by atoms with E-state index in [1.165, 1.54) is 6.07 Å². The van der Waals surface area contributed by atoms with Crippen LogP contribution in [0.2, 0.25) is 0 Å². The molecule has 0 radical (unpaired) electrons. The lowest BCUT2D eigenvalue weighted by Crippen LogP contribution is -2.27. The molecule has 0 aromatic heterocycles. The second kappa shape index (κ2) is 7.09. The molecule has 3 aromatic rings. The smallest absolute Gasteiger partial charge is 0.125 e. The third kappa shape index (κ3) is 3.67. The quantitative estimate of drug-likeness (QED) is 0.525. The fourth-order valence-corrected chi connectivity index (χ4v) is 6.68. The Balaban J connectivity index is 2.35. The molecule has 3 rings (SSSR count). The third-order valence-electron chi connectivity index (χ3n) is 4.09. The zero-order chi connectivity index (χ0) is 18.0. The van der Waals surface area contributed by atoms with E-state index in [-0.39, 0.29) is 4.90 Å². The molecule has 0 atom stereocenters. The topological polar surface area (TPSA) is 57.2 Å². The maximum absolute atomic E-state index is 11.8. The molecule has 5 heteroatoms. The Bertz CT molecular complexity index is 967. The first-order valence-corrected chi connectivity index (χ1v) is 10.6. The summed E-state index contributed by atoms with van der Waals surface area (Å²) in [5.41, 5.74) is 2.16. The number of hydrogen-bond acceptors (Lipinski definition) is 3. The van der Waals surface area contributed by atoms with Gasteiger partial charge in [-0.3, -0.25) is 0 Å². The number of benzene rings is 3. The molecule has 0 aliphatic rings. The summed E-state index contributed by atoms with van der Waals surface area (Å²) in [6.07, 6.45) is 0. The lowest BCUT2D eigenvalue weighted by Gasteiger charge is -2.25. The zero-order valence-electron chi connectivity index (χ0n) is 14.0. The summed E-state index contributed by atoms with van der Waals surface area (Å²) in [4.78, 5) is -0.132. The maximum Gasteiger partial charge on any atom is 0.125 e. The number of hydrogen-bond donors (Lipinski definition) is 0. The van der Waals surface area contributed by atoms with Crippen LogP contribution in [0.3, 0.4) is 0 Å². The molecule has 0 spiro atoms. The van der Waals surface area contributed by atoms with Crippen molar-refractivity contribution in [2.24, 2.45) is 0 Å². The van der Waals surface area contributed by atoms with Crippen LogP contribution < -0.4 is 15.9 Å². The molecule has 0 unspecified atom stereocenters. The van der Waals surface area contributed by atoms with Gasteiger partial charge in [-0.25, -0.2) is 8.42 Å². The minimum absolute atomic E-state index is 0.132. The van der Waals surface area contributed by atoms with Crippen molar-refractivity contribution in [1.29, 1.82) is 0 Å². The van der Waals surface area contributed by atoms with Crippen LogP contribution in [0, 0.1) is 13.8 Å². The minimum atomic E-state index is -4.55. The predicted molar refractivity (Wildman–Crippen MR) is 103 cm³/mol. The zero-order valence-corrected chi connectivity index (χ0v) is 15.7. The van der Waals surface area contributed by atoms with Crippen LogP contribution in [0.15, 0.2) is 77.7 Å². The molecular weight excluding hydrogens is 351 g/mol. The van der Waals surface area contributed by atoms with Crippen molar-refractivity contribution in [3.63, 3.8) is 0 Å². The van der Waals surface area contributed by atoms with Gasteiger partial charge < -0.3 is 4.55 Å². The molecule has 0 saturated carbocycles. The number of aryl methyl sites for hydroxylation is 2. The molecule has 3 nitrogen and oxygen atoms in total. The lowest BCUT2D eigenvalue weighted by molar-refractivity contribution is 0.463. The first-order chi connectivity index (χ1) is 11.9. The fourth-order valence-electron chi connectivity index (χ4n) is 2.87. The van der Waals surface area contributed by atoms with E-state index in [1.54, 1.807) is 18.2 Å². The highest BCUT2D eigenvalue weighted by atomic mass is 32.2. The van der Waals surface area contributed by atoms with Gasteiger partial charge in [-0.05, 0) is 49.6 Å². The Labute approximate surface area is 149 Å². The van der Waals surface area contributed by atoms with Crippen LogP contribution in [0.25, 0.3) is 0 Å². The van der Waals surface area contributed by atoms with Crippen molar-refractivity contribution in [2.75, 3.05) is 0 Å². The van der Waals surface area contributed by atoms with Gasteiger partial charge in [0, 0.05) is 5.30 Å². The average Bonchev–Trinajstić information content (AvgIpc) is 2.58. The Morgan fingerprint density at radius 3 is 1.52 bits per heavy atom. The van der Waals surface area contributed by atoms with Crippen LogP contribution >= 0.6 is 7.92 Å². The molecule has 128 valence electrons. The molecule has 0 heterocycles. The average molecular weight is 369 g/mol. The summed E-state index contributed by atoms with van der Waals surface area (Å²) >= 11 is 0. The molecule has 0 aliphatic heterocycles. The fraction of sp³-hybridized carbons (Fsp3) is 0.100. The Kier molecular flexibility index (Phi) is 5.05. The summed E-state index contributed by atoms with van der Waals surface area (Å²) in [5.74, 6) is 0. The second-order valence-electron chi connectivity index (χ2n) is 5.83. The van der Waals surface area contributed by atoms with Crippen molar-refractivity contribution in [2.45, 2.75) is 18.7 Å². The van der Waals surface area contributed by atoms with Gasteiger partial charge in [0.1, 0.15) is 10.1 Å². The van der Waals surface area contributed by atoms with Crippen molar-refractivity contribution in [3.8, 4) is 0 Å². The van der Waals surface area contributed by atoms with Gasteiger partial charge in [0.15, 0.2) is 0 Å².